The van der Waals surface area contributed by atoms with Gasteiger partial charge in [-0.25, -0.2) is 0 Å². The highest BCUT2D eigenvalue weighted by Gasteiger charge is 2.23. The summed E-state index contributed by atoms with van der Waals surface area (Å²) in [6, 6.07) is 8.47. The third-order valence-electron chi connectivity index (χ3n) is 2.77. The molecule has 15 heavy (non-hydrogen) atoms. The summed E-state index contributed by atoms with van der Waals surface area (Å²) in [7, 11) is 2.04. The van der Waals surface area contributed by atoms with E-state index in [1.807, 2.05) is 25.2 Å². The lowest BCUT2D eigenvalue weighted by Gasteiger charge is -2.37. The van der Waals surface area contributed by atoms with Crippen molar-refractivity contribution < 1.29 is 0 Å². The lowest BCUT2D eigenvalue weighted by molar-refractivity contribution is 0.428. The molecule has 0 amide bonds. The first kappa shape index (κ1) is 10.5. The van der Waals surface area contributed by atoms with Crippen molar-refractivity contribution in [3.8, 4) is 6.07 Å². The van der Waals surface area contributed by atoms with Crippen LogP contribution in [0, 0.1) is 11.3 Å². The molecule has 1 aromatic rings. The molecule has 1 aliphatic heterocycles. The lowest BCUT2D eigenvalue weighted by atomic mass is 10.1. The van der Waals surface area contributed by atoms with Crippen LogP contribution in [-0.4, -0.2) is 26.2 Å². The first-order chi connectivity index (χ1) is 7.22. The quantitative estimate of drug-likeness (QED) is 0.886. The molecular formula is C11H12BrN3. The number of anilines is 1. The summed E-state index contributed by atoms with van der Waals surface area (Å²) in [6.45, 7) is 1.99. The van der Waals surface area contributed by atoms with Crippen molar-refractivity contribution in [1.29, 1.82) is 5.26 Å². The summed E-state index contributed by atoms with van der Waals surface area (Å²) >= 11 is 3.43. The third-order valence-corrected chi connectivity index (χ3v) is 3.26. The van der Waals surface area contributed by atoms with E-state index in [1.165, 1.54) is 0 Å². The van der Waals surface area contributed by atoms with Crippen molar-refractivity contribution >= 4 is 21.6 Å². The second-order valence-corrected chi connectivity index (χ2v) is 4.61. The minimum atomic E-state index is 0.506. The van der Waals surface area contributed by atoms with E-state index in [1.54, 1.807) is 0 Å². The van der Waals surface area contributed by atoms with E-state index in [4.69, 9.17) is 5.26 Å². The Morgan fingerprint density at radius 1 is 1.53 bits per heavy atom. The number of nitrogens with one attached hydrogen (secondary N) is 1. The zero-order valence-electron chi connectivity index (χ0n) is 8.50. The molecule has 0 radical (unpaired) electrons. The number of hydrogen-bond donors (Lipinski definition) is 1. The molecule has 2 rings (SSSR count). The van der Waals surface area contributed by atoms with E-state index in [9.17, 15) is 0 Å². The summed E-state index contributed by atoms with van der Waals surface area (Å²) < 4.78 is 1.01. The third kappa shape index (κ3) is 1.99. The molecule has 0 bridgehead atoms. The Labute approximate surface area is 97.8 Å². The van der Waals surface area contributed by atoms with Gasteiger partial charge < -0.3 is 10.2 Å². The number of rotatable bonds is 2. The van der Waals surface area contributed by atoms with Crippen molar-refractivity contribution in [2.75, 3.05) is 25.0 Å². The summed E-state index contributed by atoms with van der Waals surface area (Å²) in [6.07, 6.45) is 0. The normalized spacial score (nSPS) is 15.5. The monoisotopic (exact) mass is 265 g/mol. The first-order valence-corrected chi connectivity index (χ1v) is 5.65. The summed E-state index contributed by atoms with van der Waals surface area (Å²) in [5.74, 6) is 0. The van der Waals surface area contributed by atoms with Gasteiger partial charge in [-0.3, -0.25) is 0 Å². The second kappa shape index (κ2) is 4.21. The van der Waals surface area contributed by atoms with Crippen LogP contribution in [-0.2, 0) is 0 Å². The number of likely N-dealkylation sites (N-methyl/N-ethyl adjacent to an activating group) is 1. The highest BCUT2D eigenvalue weighted by Crippen LogP contribution is 2.25. The molecular weight excluding hydrogens is 254 g/mol. The van der Waals surface area contributed by atoms with Crippen LogP contribution in [0.3, 0.4) is 0 Å². The molecule has 0 spiro atoms. The van der Waals surface area contributed by atoms with Crippen LogP contribution < -0.4 is 10.2 Å². The van der Waals surface area contributed by atoms with Gasteiger partial charge in [0.15, 0.2) is 0 Å². The van der Waals surface area contributed by atoms with Crippen molar-refractivity contribution in [2.24, 2.45) is 0 Å². The van der Waals surface area contributed by atoms with Gasteiger partial charge in [-0.1, -0.05) is 15.9 Å². The van der Waals surface area contributed by atoms with E-state index in [0.717, 1.165) is 28.8 Å². The minimum Gasteiger partial charge on any atom is -0.368 e. The van der Waals surface area contributed by atoms with E-state index in [2.05, 4.69) is 32.2 Å². The predicted molar refractivity (Wildman–Crippen MR) is 63.9 cm³/mol. The van der Waals surface area contributed by atoms with Crippen LogP contribution in [0.15, 0.2) is 22.7 Å². The largest absolute Gasteiger partial charge is 0.368 e. The Morgan fingerprint density at radius 3 is 2.80 bits per heavy atom. The predicted octanol–water partition coefficient (Wildman–Crippen LogP) is 1.73. The van der Waals surface area contributed by atoms with Gasteiger partial charge in [0.25, 0.3) is 0 Å². The summed E-state index contributed by atoms with van der Waals surface area (Å²) in [4.78, 5) is 2.17. The van der Waals surface area contributed by atoms with Crippen LogP contribution in [0.5, 0.6) is 0 Å². The van der Waals surface area contributed by atoms with E-state index in [-0.39, 0.29) is 0 Å². The Kier molecular flexibility index (Phi) is 2.94. The topological polar surface area (TPSA) is 39.1 Å². The molecule has 4 heteroatoms. The fraction of sp³-hybridized carbons (Fsp3) is 0.364. The van der Waals surface area contributed by atoms with E-state index < -0.39 is 0 Å². The van der Waals surface area contributed by atoms with Gasteiger partial charge in [-0.05, 0) is 18.2 Å². The Bertz CT molecular complexity index is 407. The van der Waals surface area contributed by atoms with Crippen molar-refractivity contribution in [3.63, 3.8) is 0 Å². The van der Waals surface area contributed by atoms with Crippen LogP contribution in [0.25, 0.3) is 0 Å². The SMILES string of the molecule is CN(c1cc(Br)ccc1C#N)C1CNC1. The summed E-state index contributed by atoms with van der Waals surface area (Å²) in [5, 5.41) is 12.3. The van der Waals surface area contributed by atoms with Crippen LogP contribution in [0.1, 0.15) is 5.56 Å². The maximum absolute atomic E-state index is 9.02. The molecule has 1 aromatic carbocycles. The standard InChI is InChI=1S/C11H12BrN3/c1-15(10-6-14-7-10)11-4-9(12)3-2-8(11)5-13/h2-4,10,14H,6-7H2,1H3. The van der Waals surface area contributed by atoms with Crippen molar-refractivity contribution in [2.45, 2.75) is 6.04 Å². The molecule has 1 aliphatic rings. The molecule has 3 nitrogen and oxygen atoms in total. The maximum atomic E-state index is 9.02. The fourth-order valence-electron chi connectivity index (χ4n) is 1.64. The Morgan fingerprint density at radius 2 is 2.27 bits per heavy atom. The van der Waals surface area contributed by atoms with Gasteiger partial charge in [0.05, 0.1) is 17.3 Å². The number of hydrogen-bond acceptors (Lipinski definition) is 3. The molecule has 1 N–H and O–H groups in total. The number of benzene rings is 1. The molecule has 0 saturated carbocycles. The van der Waals surface area contributed by atoms with Crippen LogP contribution in [0.4, 0.5) is 5.69 Å². The van der Waals surface area contributed by atoms with Gasteiger partial charge in [-0.2, -0.15) is 5.26 Å². The van der Waals surface area contributed by atoms with E-state index >= 15 is 0 Å². The molecule has 1 fully saturated rings. The highest BCUT2D eigenvalue weighted by molar-refractivity contribution is 9.10. The lowest BCUT2D eigenvalue weighted by Crippen LogP contribution is -2.56. The van der Waals surface area contributed by atoms with Crippen molar-refractivity contribution in [1.82, 2.24) is 5.32 Å². The van der Waals surface area contributed by atoms with Gasteiger partial charge in [0, 0.05) is 24.6 Å². The van der Waals surface area contributed by atoms with Crippen molar-refractivity contribution in [3.05, 3.63) is 28.2 Å². The van der Waals surface area contributed by atoms with Crippen LogP contribution in [0.2, 0.25) is 0 Å². The molecule has 0 atom stereocenters. The van der Waals surface area contributed by atoms with Gasteiger partial charge in [0.1, 0.15) is 6.07 Å². The molecule has 1 saturated heterocycles. The number of nitrogens with zero attached hydrogens (tertiary/aromatic N) is 2. The van der Waals surface area contributed by atoms with Crippen LogP contribution >= 0.6 is 15.9 Å². The molecule has 0 unspecified atom stereocenters. The Balaban J connectivity index is 2.32. The van der Waals surface area contributed by atoms with E-state index in [0.29, 0.717) is 6.04 Å². The zero-order valence-corrected chi connectivity index (χ0v) is 10.1. The second-order valence-electron chi connectivity index (χ2n) is 3.70. The molecule has 1 heterocycles. The van der Waals surface area contributed by atoms with Gasteiger partial charge in [0.2, 0.25) is 0 Å². The average Bonchev–Trinajstić information content (AvgIpc) is 2.15. The smallest absolute Gasteiger partial charge is 0.101 e. The summed E-state index contributed by atoms with van der Waals surface area (Å²) in [5.41, 5.74) is 1.73. The highest BCUT2D eigenvalue weighted by atomic mass is 79.9. The average molecular weight is 266 g/mol. The fourth-order valence-corrected chi connectivity index (χ4v) is 1.98. The maximum Gasteiger partial charge on any atom is 0.101 e. The van der Waals surface area contributed by atoms with Gasteiger partial charge in [-0.15, -0.1) is 0 Å². The molecule has 78 valence electrons. The number of halogens is 1. The zero-order chi connectivity index (χ0) is 10.8. The molecule has 0 aliphatic carbocycles. The minimum absolute atomic E-state index is 0.506. The van der Waals surface area contributed by atoms with Gasteiger partial charge >= 0.3 is 0 Å². The first-order valence-electron chi connectivity index (χ1n) is 4.85. The Hall–Kier alpha value is -1.05. The number of nitriles is 1. The molecule has 0 aromatic heterocycles.